The van der Waals surface area contributed by atoms with Crippen molar-refractivity contribution in [3.05, 3.63) is 51.9 Å². The molecule has 1 aromatic carbocycles. The number of thiophene rings is 1. The van der Waals surface area contributed by atoms with E-state index in [4.69, 9.17) is 5.26 Å². The summed E-state index contributed by atoms with van der Waals surface area (Å²) in [5.74, 6) is 5.73. The Balaban J connectivity index is 2.11. The van der Waals surface area contributed by atoms with Gasteiger partial charge >= 0.3 is 0 Å². The number of hydrogen-bond acceptors (Lipinski definition) is 5. The highest BCUT2D eigenvalue weighted by molar-refractivity contribution is 7.16. The van der Waals surface area contributed by atoms with Crippen LogP contribution in [0.3, 0.4) is 0 Å². The quantitative estimate of drug-likeness (QED) is 0.471. The molecule has 25 heavy (non-hydrogen) atoms. The lowest BCUT2D eigenvalue weighted by Gasteiger charge is -2.10. The number of nitriles is 2. The molecule has 0 saturated heterocycles. The molecule has 0 unspecified atom stereocenters. The number of benzene rings is 1. The maximum Gasteiger partial charge on any atom is 0.145 e. The highest BCUT2D eigenvalue weighted by atomic mass is 32.1. The van der Waals surface area contributed by atoms with Crippen molar-refractivity contribution in [2.45, 2.75) is 20.3 Å². The van der Waals surface area contributed by atoms with Crippen LogP contribution in [0.1, 0.15) is 28.5 Å². The van der Waals surface area contributed by atoms with E-state index >= 15 is 0 Å². The van der Waals surface area contributed by atoms with Crippen LogP contribution in [-0.2, 0) is 6.42 Å². The van der Waals surface area contributed by atoms with Crippen LogP contribution in [0.25, 0.3) is 0 Å². The van der Waals surface area contributed by atoms with Crippen LogP contribution >= 0.6 is 11.3 Å². The van der Waals surface area contributed by atoms with E-state index in [2.05, 4.69) is 35.0 Å². The molecule has 4 nitrogen and oxygen atoms in total. The van der Waals surface area contributed by atoms with E-state index in [0.29, 0.717) is 27.4 Å². The van der Waals surface area contributed by atoms with Gasteiger partial charge in [0.2, 0.25) is 0 Å². The molecule has 0 aliphatic rings. The van der Waals surface area contributed by atoms with E-state index in [1.54, 1.807) is 13.8 Å². The minimum atomic E-state index is 0.451. The molecule has 122 valence electrons. The second kappa shape index (κ2) is 8.53. The minimum Gasteiger partial charge on any atom is -0.305 e. The van der Waals surface area contributed by atoms with Crippen LogP contribution in [0.4, 0.5) is 10.7 Å². The van der Waals surface area contributed by atoms with Crippen molar-refractivity contribution >= 4 is 27.9 Å². The molecule has 0 fully saturated rings. The number of anilines is 1. The highest BCUT2D eigenvalue weighted by Crippen LogP contribution is 2.33. The van der Waals surface area contributed by atoms with E-state index in [1.165, 1.54) is 11.3 Å². The van der Waals surface area contributed by atoms with Gasteiger partial charge in [-0.15, -0.1) is 11.3 Å². The van der Waals surface area contributed by atoms with E-state index < -0.39 is 0 Å². The molecule has 2 aromatic rings. The molecule has 5 heteroatoms. The van der Waals surface area contributed by atoms with Gasteiger partial charge in [-0.2, -0.15) is 15.5 Å². The van der Waals surface area contributed by atoms with Crippen LogP contribution in [-0.4, -0.2) is 12.9 Å². The van der Waals surface area contributed by atoms with Gasteiger partial charge in [-0.1, -0.05) is 18.1 Å². The molecule has 0 radical (unpaired) electrons. The van der Waals surface area contributed by atoms with Crippen molar-refractivity contribution in [3.63, 3.8) is 0 Å². The molecule has 2 rings (SSSR count). The maximum atomic E-state index is 9.19. The third-order valence-electron chi connectivity index (χ3n) is 3.54. The first kappa shape index (κ1) is 18.1. The van der Waals surface area contributed by atoms with Crippen molar-refractivity contribution in [3.8, 4) is 24.1 Å². The average molecular weight is 344 g/mol. The Hall–Kier alpha value is -3.29. The van der Waals surface area contributed by atoms with Crippen molar-refractivity contribution in [2.75, 3.05) is 11.9 Å². The summed E-state index contributed by atoms with van der Waals surface area (Å²) in [6, 6.07) is 15.3. The molecular weight excluding hydrogens is 328 g/mol. The zero-order valence-electron chi connectivity index (χ0n) is 14.3. The fourth-order valence-corrected chi connectivity index (χ4v) is 3.06. The lowest BCUT2D eigenvalue weighted by molar-refractivity contribution is 1.22. The number of nitrogens with zero attached hydrogens (tertiary/aromatic N) is 4. The van der Waals surface area contributed by atoms with Gasteiger partial charge in [-0.05, 0) is 55.5 Å². The Labute approximate surface area is 152 Å². The van der Waals surface area contributed by atoms with Crippen LogP contribution in [0, 0.1) is 41.6 Å². The first-order valence-electron chi connectivity index (χ1n) is 7.57. The molecule has 0 N–H and O–H groups in total. The Bertz CT molecular complexity index is 966. The molecule has 1 aromatic heterocycles. The van der Waals surface area contributed by atoms with Gasteiger partial charge in [-0.3, -0.25) is 0 Å². The predicted octanol–water partition coefficient (Wildman–Crippen LogP) is 4.32. The topological polar surface area (TPSA) is 63.2 Å². The van der Waals surface area contributed by atoms with E-state index in [-0.39, 0.29) is 0 Å². The molecule has 0 atom stereocenters. The third kappa shape index (κ3) is 4.37. The van der Waals surface area contributed by atoms with Crippen molar-refractivity contribution in [1.82, 2.24) is 0 Å². The van der Waals surface area contributed by atoms with Crippen LogP contribution < -0.4 is 4.90 Å². The molecule has 0 aliphatic heterocycles. The standard InChI is InChI=1S/C20H16N4S/c1-4-12-24(3)17-9-7-16(8-10-17)6-5-11-23-20-18(13-21)15(2)19(14-22)25-20/h5,7-10H,6H2,1-3H3. The second-order valence-corrected chi connectivity index (χ2v) is 6.20. The fraction of sp³-hybridized carbons (Fsp3) is 0.200. The Morgan fingerprint density at radius 3 is 2.52 bits per heavy atom. The number of hydrogen-bond donors (Lipinski definition) is 0. The monoisotopic (exact) mass is 344 g/mol. The molecule has 0 saturated carbocycles. The molecule has 0 aliphatic carbocycles. The molecule has 0 bridgehead atoms. The lowest BCUT2D eigenvalue weighted by Crippen LogP contribution is -2.08. The Morgan fingerprint density at radius 2 is 1.92 bits per heavy atom. The number of rotatable bonds is 4. The summed E-state index contributed by atoms with van der Waals surface area (Å²) in [4.78, 5) is 6.60. The van der Waals surface area contributed by atoms with E-state index in [1.807, 2.05) is 42.3 Å². The van der Waals surface area contributed by atoms with Gasteiger partial charge < -0.3 is 4.90 Å². The second-order valence-electron chi connectivity index (χ2n) is 5.20. The molecule has 0 spiro atoms. The first-order chi connectivity index (χ1) is 12.1. The van der Waals surface area contributed by atoms with Crippen molar-refractivity contribution < 1.29 is 0 Å². The third-order valence-corrected chi connectivity index (χ3v) is 4.63. The Morgan fingerprint density at radius 1 is 1.20 bits per heavy atom. The van der Waals surface area contributed by atoms with Gasteiger partial charge in [0.25, 0.3) is 0 Å². The number of allylic oxidation sites excluding steroid dienone is 1. The zero-order chi connectivity index (χ0) is 18.2. The normalized spacial score (nSPS) is 9.00. The summed E-state index contributed by atoms with van der Waals surface area (Å²) in [5.41, 5.74) is 3.30. The summed E-state index contributed by atoms with van der Waals surface area (Å²) in [6.45, 7) is 3.57. The average Bonchev–Trinajstić information content (AvgIpc) is 2.94. The predicted molar refractivity (Wildman–Crippen MR) is 102 cm³/mol. The smallest absolute Gasteiger partial charge is 0.145 e. The van der Waals surface area contributed by atoms with Crippen LogP contribution in [0.15, 0.2) is 35.3 Å². The maximum absolute atomic E-state index is 9.19. The first-order valence-corrected chi connectivity index (χ1v) is 8.39. The van der Waals surface area contributed by atoms with Gasteiger partial charge in [0.05, 0.1) is 5.56 Å². The SMILES string of the molecule is CC#CN(C)c1ccc(CC=C=Nc2sc(C#N)c(C)c2C#N)cc1. The summed E-state index contributed by atoms with van der Waals surface area (Å²) in [6.07, 6.45) is 2.50. The van der Waals surface area contributed by atoms with Gasteiger partial charge in [0.1, 0.15) is 22.0 Å². The molecule has 1 heterocycles. The summed E-state index contributed by atoms with van der Waals surface area (Å²) >= 11 is 1.22. The minimum absolute atomic E-state index is 0.451. The van der Waals surface area contributed by atoms with Gasteiger partial charge in [0, 0.05) is 18.8 Å². The van der Waals surface area contributed by atoms with Crippen molar-refractivity contribution in [2.24, 2.45) is 4.99 Å². The van der Waals surface area contributed by atoms with Crippen LogP contribution in [0.2, 0.25) is 0 Å². The lowest BCUT2D eigenvalue weighted by atomic mass is 10.1. The van der Waals surface area contributed by atoms with Gasteiger partial charge in [-0.25, -0.2) is 0 Å². The summed E-state index contributed by atoms with van der Waals surface area (Å²) in [5, 5.41) is 18.8. The summed E-state index contributed by atoms with van der Waals surface area (Å²) < 4.78 is 0. The van der Waals surface area contributed by atoms with Crippen LogP contribution in [0.5, 0.6) is 0 Å². The largest absolute Gasteiger partial charge is 0.305 e. The zero-order valence-corrected chi connectivity index (χ0v) is 15.1. The van der Waals surface area contributed by atoms with E-state index in [0.717, 1.165) is 11.3 Å². The summed E-state index contributed by atoms with van der Waals surface area (Å²) in [7, 11) is 1.92. The molecule has 0 amide bonds. The van der Waals surface area contributed by atoms with Crippen molar-refractivity contribution in [1.29, 1.82) is 10.5 Å². The molecular formula is C20H16N4S. The van der Waals surface area contributed by atoms with E-state index in [9.17, 15) is 5.26 Å². The fourth-order valence-electron chi connectivity index (χ4n) is 2.17. The number of aliphatic imine (C=N–C) groups is 1. The van der Waals surface area contributed by atoms with Gasteiger partial charge in [0.15, 0.2) is 0 Å². The highest BCUT2D eigenvalue weighted by Gasteiger charge is 2.13. The Kier molecular flexibility index (Phi) is 6.16.